The van der Waals surface area contributed by atoms with Crippen molar-refractivity contribution in [1.82, 2.24) is 4.57 Å². The molecule has 9 aromatic rings. The second-order valence-electron chi connectivity index (χ2n) is 14.1. The molecule has 1 aliphatic rings. The van der Waals surface area contributed by atoms with Gasteiger partial charge < -0.3 is 4.57 Å². The summed E-state index contributed by atoms with van der Waals surface area (Å²) in [5.74, 6) is 0. The average Bonchev–Trinajstić information content (AvgIpc) is 3.64. The number of hydrogen-bond acceptors (Lipinski definition) is 0. The van der Waals surface area contributed by atoms with Gasteiger partial charge in [0.1, 0.15) is 0 Å². The standard InChI is InChI=1S/C49H35N/c1-49(2)44-28-27-42-41-19-11-12-20-45(41)50(48(42)46(44)43-26-23-35-17-9-10-18-40(35)47(43)49)39-24-21-34(22-25-39)38-30-36(32-13-5-3-6-14-32)29-37(31-38)33-15-7-4-8-16-33/h3-31H,1-2H3. The summed E-state index contributed by atoms with van der Waals surface area (Å²) in [7, 11) is 0. The first-order valence-electron chi connectivity index (χ1n) is 17.5. The molecular weight excluding hydrogens is 603 g/mol. The van der Waals surface area contributed by atoms with E-state index in [1.165, 1.54) is 93.9 Å². The largest absolute Gasteiger partial charge is 0.309 e. The minimum atomic E-state index is -0.120. The number of para-hydroxylation sites is 1. The fraction of sp³-hybridized carbons (Fsp3) is 0.0612. The van der Waals surface area contributed by atoms with E-state index < -0.39 is 0 Å². The van der Waals surface area contributed by atoms with E-state index in [0.717, 1.165) is 0 Å². The highest BCUT2D eigenvalue weighted by atomic mass is 15.0. The molecule has 8 aromatic carbocycles. The number of nitrogens with zero attached hydrogens (tertiary/aromatic N) is 1. The van der Waals surface area contributed by atoms with Gasteiger partial charge in [-0.3, -0.25) is 0 Å². The third-order valence-corrected chi connectivity index (χ3v) is 10.9. The second kappa shape index (κ2) is 10.9. The topological polar surface area (TPSA) is 4.93 Å². The van der Waals surface area contributed by atoms with E-state index >= 15 is 0 Å². The molecule has 0 bridgehead atoms. The van der Waals surface area contributed by atoms with Crippen LogP contribution < -0.4 is 0 Å². The average molecular weight is 638 g/mol. The Balaban J connectivity index is 1.18. The van der Waals surface area contributed by atoms with Crippen LogP contribution in [0.5, 0.6) is 0 Å². The second-order valence-corrected chi connectivity index (χ2v) is 14.1. The lowest BCUT2D eigenvalue weighted by Gasteiger charge is -2.23. The van der Waals surface area contributed by atoms with Crippen LogP contribution in [-0.4, -0.2) is 4.57 Å². The monoisotopic (exact) mass is 637 g/mol. The molecule has 1 heteroatoms. The summed E-state index contributed by atoms with van der Waals surface area (Å²) >= 11 is 0. The molecule has 0 amide bonds. The van der Waals surface area contributed by atoms with Gasteiger partial charge in [-0.1, -0.05) is 153 Å². The van der Waals surface area contributed by atoms with E-state index in [9.17, 15) is 0 Å². The lowest BCUT2D eigenvalue weighted by Crippen LogP contribution is -2.15. The van der Waals surface area contributed by atoms with Gasteiger partial charge in [0.15, 0.2) is 0 Å². The zero-order valence-corrected chi connectivity index (χ0v) is 28.2. The van der Waals surface area contributed by atoms with Crippen LogP contribution in [0.1, 0.15) is 25.0 Å². The van der Waals surface area contributed by atoms with Crippen LogP contribution in [-0.2, 0) is 5.41 Å². The summed E-state index contributed by atoms with van der Waals surface area (Å²) < 4.78 is 2.50. The molecule has 236 valence electrons. The molecule has 1 aliphatic carbocycles. The lowest BCUT2D eigenvalue weighted by molar-refractivity contribution is 0.666. The van der Waals surface area contributed by atoms with E-state index in [2.05, 4.69) is 194 Å². The molecule has 1 aromatic heterocycles. The maximum absolute atomic E-state index is 2.50. The Hall–Kier alpha value is -6.18. The smallest absolute Gasteiger partial charge is 0.0622 e. The fourth-order valence-corrected chi connectivity index (χ4v) is 8.60. The third-order valence-electron chi connectivity index (χ3n) is 10.9. The summed E-state index contributed by atoms with van der Waals surface area (Å²) in [5.41, 5.74) is 16.4. The van der Waals surface area contributed by atoms with Crippen LogP contribution in [0.15, 0.2) is 176 Å². The van der Waals surface area contributed by atoms with Crippen LogP contribution in [0.2, 0.25) is 0 Å². The Kier molecular flexibility index (Phi) is 6.29. The van der Waals surface area contributed by atoms with Crippen molar-refractivity contribution in [3.8, 4) is 50.2 Å². The normalized spacial score (nSPS) is 13.2. The van der Waals surface area contributed by atoms with Crippen LogP contribution >= 0.6 is 0 Å². The molecule has 10 rings (SSSR count). The van der Waals surface area contributed by atoms with Crippen molar-refractivity contribution in [2.75, 3.05) is 0 Å². The Morgan fingerprint density at radius 3 is 1.64 bits per heavy atom. The van der Waals surface area contributed by atoms with Gasteiger partial charge in [-0.05, 0) is 97.2 Å². The predicted octanol–water partition coefficient (Wildman–Crippen LogP) is 13.2. The summed E-state index contributed by atoms with van der Waals surface area (Å²) in [4.78, 5) is 0. The van der Waals surface area contributed by atoms with Gasteiger partial charge in [-0.25, -0.2) is 0 Å². The minimum Gasteiger partial charge on any atom is -0.309 e. The molecule has 0 spiro atoms. The highest BCUT2D eigenvalue weighted by Crippen LogP contribution is 2.55. The van der Waals surface area contributed by atoms with Crippen molar-refractivity contribution in [2.45, 2.75) is 19.3 Å². The van der Waals surface area contributed by atoms with Gasteiger partial charge in [-0.15, -0.1) is 0 Å². The lowest BCUT2D eigenvalue weighted by atomic mass is 9.80. The molecule has 0 atom stereocenters. The van der Waals surface area contributed by atoms with Gasteiger partial charge in [0.2, 0.25) is 0 Å². The summed E-state index contributed by atoms with van der Waals surface area (Å²) in [5, 5.41) is 5.22. The number of fused-ring (bicyclic) bond motifs is 9. The van der Waals surface area contributed by atoms with Crippen molar-refractivity contribution in [3.63, 3.8) is 0 Å². The van der Waals surface area contributed by atoms with Gasteiger partial charge >= 0.3 is 0 Å². The first kappa shape index (κ1) is 28.8. The van der Waals surface area contributed by atoms with Crippen LogP contribution in [0.25, 0.3) is 82.8 Å². The van der Waals surface area contributed by atoms with Gasteiger partial charge in [0.05, 0.1) is 11.0 Å². The molecule has 0 N–H and O–H groups in total. The Morgan fingerprint density at radius 1 is 0.420 bits per heavy atom. The minimum absolute atomic E-state index is 0.120. The maximum Gasteiger partial charge on any atom is 0.0622 e. The van der Waals surface area contributed by atoms with Crippen LogP contribution in [0.3, 0.4) is 0 Å². The zero-order valence-electron chi connectivity index (χ0n) is 28.2. The number of rotatable bonds is 4. The van der Waals surface area contributed by atoms with E-state index in [-0.39, 0.29) is 5.41 Å². The first-order valence-corrected chi connectivity index (χ1v) is 17.5. The molecule has 0 unspecified atom stereocenters. The SMILES string of the molecule is CC1(C)c2ccc3c4ccccc4n(-c4ccc(-c5cc(-c6ccccc6)cc(-c6ccccc6)c5)cc4)c3c2-c2ccc3ccccc3c21. The van der Waals surface area contributed by atoms with E-state index in [0.29, 0.717) is 0 Å². The molecular formula is C49H35N. The first-order chi connectivity index (χ1) is 24.6. The number of aromatic nitrogens is 1. The third kappa shape index (κ3) is 4.27. The van der Waals surface area contributed by atoms with Gasteiger partial charge in [-0.2, -0.15) is 0 Å². The number of hydrogen-bond donors (Lipinski definition) is 0. The van der Waals surface area contributed by atoms with E-state index in [1.807, 2.05) is 0 Å². The van der Waals surface area contributed by atoms with Gasteiger partial charge in [0, 0.05) is 27.4 Å². The molecule has 1 nitrogen and oxygen atoms in total. The van der Waals surface area contributed by atoms with E-state index in [4.69, 9.17) is 0 Å². The molecule has 50 heavy (non-hydrogen) atoms. The molecule has 1 heterocycles. The Morgan fingerprint density at radius 2 is 0.980 bits per heavy atom. The highest BCUT2D eigenvalue weighted by molar-refractivity contribution is 6.16. The predicted molar refractivity (Wildman–Crippen MR) is 212 cm³/mol. The maximum atomic E-state index is 2.50. The van der Waals surface area contributed by atoms with Crippen molar-refractivity contribution in [3.05, 3.63) is 187 Å². The molecule has 0 fully saturated rings. The quantitative estimate of drug-likeness (QED) is 0.181. The molecule has 0 radical (unpaired) electrons. The summed E-state index contributed by atoms with van der Waals surface area (Å²) in [6.07, 6.45) is 0. The zero-order chi connectivity index (χ0) is 33.4. The molecule has 0 saturated heterocycles. The Labute approximate surface area is 292 Å². The highest BCUT2D eigenvalue weighted by Gasteiger charge is 2.39. The van der Waals surface area contributed by atoms with Crippen molar-refractivity contribution in [1.29, 1.82) is 0 Å². The van der Waals surface area contributed by atoms with Crippen LogP contribution in [0, 0.1) is 0 Å². The van der Waals surface area contributed by atoms with Crippen molar-refractivity contribution < 1.29 is 0 Å². The Bertz CT molecular complexity index is 2690. The van der Waals surface area contributed by atoms with Gasteiger partial charge in [0.25, 0.3) is 0 Å². The molecule has 0 saturated carbocycles. The summed E-state index contributed by atoms with van der Waals surface area (Å²) in [6.45, 7) is 4.79. The number of benzene rings is 8. The van der Waals surface area contributed by atoms with Crippen molar-refractivity contribution >= 4 is 32.6 Å². The fourth-order valence-electron chi connectivity index (χ4n) is 8.60. The van der Waals surface area contributed by atoms with Crippen LogP contribution in [0.4, 0.5) is 0 Å². The summed E-state index contributed by atoms with van der Waals surface area (Å²) in [6, 6.07) is 64.7. The van der Waals surface area contributed by atoms with Crippen molar-refractivity contribution in [2.24, 2.45) is 0 Å². The van der Waals surface area contributed by atoms with E-state index in [1.54, 1.807) is 0 Å². The molecule has 0 aliphatic heterocycles.